The number of rotatable bonds is 7. The van der Waals surface area contributed by atoms with E-state index in [0.29, 0.717) is 24.8 Å². The molecule has 5 heteroatoms. The van der Waals surface area contributed by atoms with Gasteiger partial charge in [-0.2, -0.15) is 0 Å². The van der Waals surface area contributed by atoms with Crippen molar-refractivity contribution in [1.82, 2.24) is 10.3 Å². The zero-order valence-electron chi connectivity index (χ0n) is 15.9. The largest absolute Gasteiger partial charge is 0.489 e. The number of carbonyl (C=O) groups is 1. The number of thiazole rings is 1. The van der Waals surface area contributed by atoms with Gasteiger partial charge in [0.1, 0.15) is 23.1 Å². The molecule has 27 heavy (non-hydrogen) atoms. The molecule has 1 amide bonds. The Morgan fingerprint density at radius 1 is 1.19 bits per heavy atom. The van der Waals surface area contributed by atoms with E-state index in [1.807, 2.05) is 30.3 Å². The van der Waals surface area contributed by atoms with E-state index in [9.17, 15) is 4.79 Å². The average molecular weight is 381 g/mol. The van der Waals surface area contributed by atoms with Crippen LogP contribution in [0.15, 0.2) is 53.9 Å². The molecule has 1 aromatic heterocycles. The zero-order chi connectivity index (χ0) is 19.2. The summed E-state index contributed by atoms with van der Waals surface area (Å²) in [6.45, 7) is 7.39. The molecule has 2 aromatic carbocycles. The van der Waals surface area contributed by atoms with Gasteiger partial charge in [-0.25, -0.2) is 4.98 Å². The van der Waals surface area contributed by atoms with E-state index in [1.54, 1.807) is 5.38 Å². The number of nitrogens with zero attached hydrogens (tertiary/aromatic N) is 1. The highest BCUT2D eigenvalue weighted by molar-refractivity contribution is 7.13. The molecule has 140 valence electrons. The van der Waals surface area contributed by atoms with Crippen molar-refractivity contribution in [3.8, 4) is 16.3 Å². The summed E-state index contributed by atoms with van der Waals surface area (Å²) in [5.74, 6) is 1.11. The van der Waals surface area contributed by atoms with Gasteiger partial charge in [0.05, 0.1) is 0 Å². The first-order valence-corrected chi connectivity index (χ1v) is 9.92. The first-order chi connectivity index (χ1) is 13.0. The number of aromatic nitrogens is 1. The van der Waals surface area contributed by atoms with Crippen molar-refractivity contribution in [3.63, 3.8) is 0 Å². The molecule has 1 heterocycles. The summed E-state index contributed by atoms with van der Waals surface area (Å²) in [5, 5.41) is 5.52. The predicted molar refractivity (Wildman–Crippen MR) is 110 cm³/mol. The van der Waals surface area contributed by atoms with Crippen LogP contribution in [0.4, 0.5) is 0 Å². The Morgan fingerprint density at radius 3 is 2.67 bits per heavy atom. The minimum atomic E-state index is -0.121. The van der Waals surface area contributed by atoms with Gasteiger partial charge in [-0.1, -0.05) is 43.7 Å². The van der Waals surface area contributed by atoms with Crippen LogP contribution in [0.1, 0.15) is 35.5 Å². The van der Waals surface area contributed by atoms with E-state index in [4.69, 9.17) is 4.74 Å². The molecule has 0 saturated carbocycles. The fourth-order valence-corrected chi connectivity index (χ4v) is 3.37. The SMILES string of the molecule is Cc1cccc(COc2ccc(-c3nc(C(=O)NCC(C)C)cs3)cc2)c1. The number of hydrogen-bond acceptors (Lipinski definition) is 4. The zero-order valence-corrected chi connectivity index (χ0v) is 16.7. The Balaban J connectivity index is 1.61. The third kappa shape index (κ3) is 5.41. The lowest BCUT2D eigenvalue weighted by Crippen LogP contribution is -2.27. The van der Waals surface area contributed by atoms with Gasteiger partial charge < -0.3 is 10.1 Å². The number of carbonyl (C=O) groups excluding carboxylic acids is 1. The van der Waals surface area contributed by atoms with E-state index >= 15 is 0 Å². The van der Waals surface area contributed by atoms with Gasteiger partial charge >= 0.3 is 0 Å². The summed E-state index contributed by atoms with van der Waals surface area (Å²) < 4.78 is 5.85. The van der Waals surface area contributed by atoms with Crippen molar-refractivity contribution >= 4 is 17.2 Å². The molecule has 0 atom stereocenters. The monoisotopic (exact) mass is 380 g/mol. The van der Waals surface area contributed by atoms with E-state index in [1.165, 1.54) is 16.9 Å². The van der Waals surface area contributed by atoms with Gasteiger partial charge in [-0.15, -0.1) is 11.3 Å². The number of hydrogen-bond donors (Lipinski definition) is 1. The number of ether oxygens (including phenoxy) is 1. The highest BCUT2D eigenvalue weighted by atomic mass is 32.1. The summed E-state index contributed by atoms with van der Waals surface area (Å²) in [5.41, 5.74) is 3.82. The molecule has 3 rings (SSSR count). The second kappa shape index (κ2) is 8.82. The molecule has 0 aliphatic rings. The molecule has 0 saturated heterocycles. The van der Waals surface area contributed by atoms with Crippen LogP contribution < -0.4 is 10.1 Å². The maximum Gasteiger partial charge on any atom is 0.270 e. The molecule has 0 radical (unpaired) electrons. The molecule has 3 aromatic rings. The maximum absolute atomic E-state index is 12.1. The summed E-state index contributed by atoms with van der Waals surface area (Å²) >= 11 is 1.47. The number of nitrogens with one attached hydrogen (secondary N) is 1. The van der Waals surface area contributed by atoms with E-state index in [2.05, 4.69) is 49.3 Å². The molecule has 1 N–H and O–H groups in total. The highest BCUT2D eigenvalue weighted by Crippen LogP contribution is 2.26. The van der Waals surface area contributed by atoms with Crippen LogP contribution in [0.2, 0.25) is 0 Å². The summed E-state index contributed by atoms with van der Waals surface area (Å²) in [7, 11) is 0. The van der Waals surface area contributed by atoms with Crippen molar-refractivity contribution < 1.29 is 9.53 Å². The van der Waals surface area contributed by atoms with E-state index < -0.39 is 0 Å². The fourth-order valence-electron chi connectivity index (χ4n) is 2.56. The lowest BCUT2D eigenvalue weighted by Gasteiger charge is -2.07. The van der Waals surface area contributed by atoms with Crippen LogP contribution >= 0.6 is 11.3 Å². The first-order valence-electron chi connectivity index (χ1n) is 9.04. The van der Waals surface area contributed by atoms with Gasteiger partial charge in [0, 0.05) is 17.5 Å². The van der Waals surface area contributed by atoms with Crippen LogP contribution in [0.25, 0.3) is 10.6 Å². The third-order valence-electron chi connectivity index (χ3n) is 4.00. The maximum atomic E-state index is 12.1. The van der Waals surface area contributed by atoms with Crippen LogP contribution in [0.3, 0.4) is 0 Å². The Labute approximate surface area is 164 Å². The van der Waals surface area contributed by atoms with Crippen LogP contribution in [0, 0.1) is 12.8 Å². The molecular weight excluding hydrogens is 356 g/mol. The number of aryl methyl sites for hydroxylation is 1. The van der Waals surface area contributed by atoms with Crippen LogP contribution in [-0.4, -0.2) is 17.4 Å². The standard InChI is InChI=1S/C22H24N2O2S/c1-15(2)12-23-21(25)20-14-27-22(24-20)18-7-9-19(10-8-18)26-13-17-6-4-5-16(3)11-17/h4-11,14-15H,12-13H2,1-3H3,(H,23,25). The van der Waals surface area contributed by atoms with Crippen molar-refractivity contribution in [2.24, 2.45) is 5.92 Å². The minimum Gasteiger partial charge on any atom is -0.489 e. The second-order valence-corrected chi connectivity index (χ2v) is 7.80. The van der Waals surface area contributed by atoms with Gasteiger partial charge in [-0.05, 0) is 42.7 Å². The van der Waals surface area contributed by atoms with E-state index in [0.717, 1.165) is 21.9 Å². The van der Waals surface area contributed by atoms with Crippen molar-refractivity contribution in [1.29, 1.82) is 0 Å². The molecule has 0 spiro atoms. The third-order valence-corrected chi connectivity index (χ3v) is 4.89. The Morgan fingerprint density at radius 2 is 1.96 bits per heavy atom. The van der Waals surface area contributed by atoms with Crippen molar-refractivity contribution in [3.05, 3.63) is 70.7 Å². The Hall–Kier alpha value is -2.66. The van der Waals surface area contributed by atoms with Gasteiger partial charge in [0.15, 0.2) is 0 Å². The van der Waals surface area contributed by atoms with E-state index in [-0.39, 0.29) is 5.91 Å². The lowest BCUT2D eigenvalue weighted by atomic mass is 10.1. The summed E-state index contributed by atoms with van der Waals surface area (Å²) in [6, 6.07) is 16.1. The topological polar surface area (TPSA) is 51.2 Å². The number of amides is 1. The smallest absolute Gasteiger partial charge is 0.270 e. The summed E-state index contributed by atoms with van der Waals surface area (Å²) in [6.07, 6.45) is 0. The number of benzene rings is 2. The normalized spacial score (nSPS) is 10.8. The molecule has 0 unspecified atom stereocenters. The minimum absolute atomic E-state index is 0.121. The van der Waals surface area contributed by atoms with Crippen LogP contribution in [-0.2, 0) is 6.61 Å². The van der Waals surface area contributed by atoms with Gasteiger partial charge in [0.2, 0.25) is 0 Å². The highest BCUT2D eigenvalue weighted by Gasteiger charge is 2.12. The second-order valence-electron chi connectivity index (χ2n) is 6.94. The molecule has 0 aliphatic carbocycles. The Kier molecular flexibility index (Phi) is 6.24. The van der Waals surface area contributed by atoms with Gasteiger partial charge in [-0.3, -0.25) is 4.79 Å². The molecular formula is C22H24N2O2S. The fraction of sp³-hybridized carbons (Fsp3) is 0.273. The van der Waals surface area contributed by atoms with Gasteiger partial charge in [0.25, 0.3) is 5.91 Å². The van der Waals surface area contributed by atoms with Crippen LogP contribution in [0.5, 0.6) is 5.75 Å². The Bertz CT molecular complexity index is 901. The average Bonchev–Trinajstić information content (AvgIpc) is 3.15. The molecule has 0 aliphatic heterocycles. The van der Waals surface area contributed by atoms with Crippen molar-refractivity contribution in [2.45, 2.75) is 27.4 Å². The molecule has 4 nitrogen and oxygen atoms in total. The first kappa shape index (κ1) is 19.1. The molecule has 0 fully saturated rings. The summed E-state index contributed by atoms with van der Waals surface area (Å²) in [4.78, 5) is 16.6. The molecule has 0 bridgehead atoms. The predicted octanol–water partition coefficient (Wildman–Crippen LogP) is 5.08. The van der Waals surface area contributed by atoms with Crippen molar-refractivity contribution in [2.75, 3.05) is 6.54 Å². The lowest BCUT2D eigenvalue weighted by molar-refractivity contribution is 0.0945. The quantitative estimate of drug-likeness (QED) is 0.622.